The summed E-state index contributed by atoms with van der Waals surface area (Å²) in [6.07, 6.45) is 3.85. The molecule has 2 atom stereocenters. The van der Waals surface area contributed by atoms with E-state index in [-0.39, 0.29) is 19.2 Å². The highest BCUT2D eigenvalue weighted by atomic mass is 32.2. The SMILES string of the molecule is C[C@H]1CC[C@H](c2ccccc2)S(=O)(=O)N1Cc1ccc(C2(OCc3ncn[nH]3)CCOCC2)cc1F. The molecule has 36 heavy (non-hydrogen) atoms. The summed E-state index contributed by atoms with van der Waals surface area (Å²) in [5, 5.41) is 6.02. The summed E-state index contributed by atoms with van der Waals surface area (Å²) in [7, 11) is -3.65. The molecule has 3 heterocycles. The Morgan fingerprint density at radius 3 is 2.64 bits per heavy atom. The van der Waals surface area contributed by atoms with Gasteiger partial charge in [0.05, 0.1) is 5.60 Å². The van der Waals surface area contributed by atoms with E-state index in [1.807, 2.05) is 43.3 Å². The highest BCUT2D eigenvalue weighted by molar-refractivity contribution is 7.89. The van der Waals surface area contributed by atoms with Gasteiger partial charge in [0, 0.05) is 44.2 Å². The number of ether oxygens (including phenoxy) is 2. The average molecular weight is 515 g/mol. The van der Waals surface area contributed by atoms with Gasteiger partial charge in [-0.25, -0.2) is 17.8 Å². The van der Waals surface area contributed by atoms with Crippen molar-refractivity contribution in [3.63, 3.8) is 0 Å². The number of H-pyrrole nitrogens is 1. The summed E-state index contributed by atoms with van der Waals surface area (Å²) in [6.45, 7) is 3.11. The Balaban J connectivity index is 1.39. The van der Waals surface area contributed by atoms with Crippen molar-refractivity contribution in [1.82, 2.24) is 19.5 Å². The fourth-order valence-corrected chi connectivity index (χ4v) is 7.39. The van der Waals surface area contributed by atoms with Gasteiger partial charge in [0.25, 0.3) is 0 Å². The Bertz CT molecular complexity index is 1260. The van der Waals surface area contributed by atoms with Gasteiger partial charge < -0.3 is 9.47 Å². The Hall–Kier alpha value is -2.66. The number of aromatic nitrogens is 3. The van der Waals surface area contributed by atoms with Gasteiger partial charge in [-0.15, -0.1) is 0 Å². The maximum atomic E-state index is 15.5. The van der Waals surface area contributed by atoms with Crippen LogP contribution >= 0.6 is 0 Å². The molecular formula is C26H31FN4O4S. The summed E-state index contributed by atoms with van der Waals surface area (Å²) < 4.78 is 55.9. The van der Waals surface area contributed by atoms with E-state index in [2.05, 4.69) is 15.2 Å². The molecule has 2 fully saturated rings. The first kappa shape index (κ1) is 25.0. The number of aromatic amines is 1. The lowest BCUT2D eigenvalue weighted by Gasteiger charge is -2.38. The van der Waals surface area contributed by atoms with Gasteiger partial charge in [-0.2, -0.15) is 9.40 Å². The molecule has 2 saturated heterocycles. The Kier molecular flexibility index (Phi) is 7.21. The van der Waals surface area contributed by atoms with Crippen LogP contribution < -0.4 is 0 Å². The molecule has 1 aromatic heterocycles. The van der Waals surface area contributed by atoms with Gasteiger partial charge in [-0.3, -0.25) is 5.10 Å². The molecule has 1 N–H and O–H groups in total. The number of halogens is 1. The highest BCUT2D eigenvalue weighted by Gasteiger charge is 2.41. The maximum Gasteiger partial charge on any atom is 0.221 e. The lowest BCUT2D eigenvalue weighted by Crippen LogP contribution is -2.44. The molecule has 2 aliphatic heterocycles. The second kappa shape index (κ2) is 10.4. The van der Waals surface area contributed by atoms with Crippen LogP contribution in [0.2, 0.25) is 0 Å². The van der Waals surface area contributed by atoms with E-state index >= 15 is 4.39 Å². The smallest absolute Gasteiger partial charge is 0.221 e. The third-order valence-electron chi connectivity index (χ3n) is 7.35. The summed E-state index contributed by atoms with van der Waals surface area (Å²) >= 11 is 0. The van der Waals surface area contributed by atoms with Crippen molar-refractivity contribution >= 4 is 10.0 Å². The molecule has 8 nitrogen and oxygen atoms in total. The largest absolute Gasteiger partial charge is 0.381 e. The molecule has 0 unspecified atom stereocenters. The van der Waals surface area contributed by atoms with Crippen molar-refractivity contribution in [3.8, 4) is 0 Å². The van der Waals surface area contributed by atoms with E-state index in [4.69, 9.17) is 9.47 Å². The number of sulfonamides is 1. The Morgan fingerprint density at radius 1 is 1.17 bits per heavy atom. The van der Waals surface area contributed by atoms with Crippen LogP contribution in [0.4, 0.5) is 4.39 Å². The van der Waals surface area contributed by atoms with Crippen LogP contribution in [-0.2, 0) is 38.2 Å². The number of hydrogen-bond donors (Lipinski definition) is 1. The van der Waals surface area contributed by atoms with E-state index in [0.717, 1.165) is 12.0 Å². The molecule has 5 rings (SSSR count). The third-order valence-corrected chi connectivity index (χ3v) is 9.72. The zero-order chi connectivity index (χ0) is 25.2. The Morgan fingerprint density at radius 2 is 1.94 bits per heavy atom. The van der Waals surface area contributed by atoms with Gasteiger partial charge in [-0.05, 0) is 37.0 Å². The second-order valence-corrected chi connectivity index (χ2v) is 11.6. The van der Waals surface area contributed by atoms with Crippen LogP contribution in [0.5, 0.6) is 0 Å². The fourth-order valence-electron chi connectivity index (χ4n) is 5.20. The van der Waals surface area contributed by atoms with Crippen LogP contribution in [0, 0.1) is 5.82 Å². The third kappa shape index (κ3) is 4.95. The van der Waals surface area contributed by atoms with E-state index in [1.165, 1.54) is 16.7 Å². The van der Waals surface area contributed by atoms with Crippen molar-refractivity contribution in [1.29, 1.82) is 0 Å². The average Bonchev–Trinajstić information content (AvgIpc) is 3.41. The predicted octanol–water partition coefficient (Wildman–Crippen LogP) is 4.22. The molecule has 0 amide bonds. The number of nitrogens with one attached hydrogen (secondary N) is 1. The Labute approximate surface area is 210 Å². The summed E-state index contributed by atoms with van der Waals surface area (Å²) in [5.74, 6) is 0.154. The van der Waals surface area contributed by atoms with E-state index in [1.54, 1.807) is 6.07 Å². The minimum atomic E-state index is -3.65. The van der Waals surface area contributed by atoms with Gasteiger partial charge in [0.15, 0.2) is 0 Å². The molecule has 2 aromatic carbocycles. The van der Waals surface area contributed by atoms with Crippen LogP contribution in [-0.4, -0.2) is 47.2 Å². The molecule has 0 radical (unpaired) electrons. The standard InChI is InChI=1S/C26H31FN4O4S/c1-19-7-10-24(20-5-3-2-4-6-20)36(32,33)31(19)16-21-8-9-22(15-23(21)27)26(11-13-34-14-12-26)35-17-25-28-18-29-30-25/h2-6,8-9,15,18-19,24H,7,10-14,16-17H2,1H3,(H,28,29,30)/t19-,24+/m0/s1. The van der Waals surface area contributed by atoms with Crippen LogP contribution in [0.1, 0.15) is 60.4 Å². The predicted molar refractivity (Wildman–Crippen MR) is 132 cm³/mol. The van der Waals surface area contributed by atoms with Gasteiger partial charge in [0.2, 0.25) is 10.0 Å². The minimum absolute atomic E-state index is 0.00597. The molecule has 2 aliphatic rings. The zero-order valence-corrected chi connectivity index (χ0v) is 21.1. The number of rotatable bonds is 7. The molecule has 0 bridgehead atoms. The van der Waals surface area contributed by atoms with E-state index in [9.17, 15) is 8.42 Å². The van der Waals surface area contributed by atoms with Crippen molar-refractivity contribution < 1.29 is 22.3 Å². The highest BCUT2D eigenvalue weighted by Crippen LogP contribution is 2.40. The molecule has 0 saturated carbocycles. The lowest BCUT2D eigenvalue weighted by atomic mass is 9.85. The molecule has 3 aromatic rings. The van der Waals surface area contributed by atoms with Gasteiger partial charge in [-0.1, -0.05) is 42.5 Å². The van der Waals surface area contributed by atoms with Crippen molar-refractivity contribution in [3.05, 3.63) is 83.2 Å². The van der Waals surface area contributed by atoms with Gasteiger partial charge in [0.1, 0.15) is 29.8 Å². The van der Waals surface area contributed by atoms with Crippen molar-refractivity contribution in [2.24, 2.45) is 0 Å². The molecule has 0 aliphatic carbocycles. The second-order valence-electron chi connectivity index (χ2n) is 9.55. The van der Waals surface area contributed by atoms with E-state index < -0.39 is 26.7 Å². The minimum Gasteiger partial charge on any atom is -0.381 e. The summed E-state index contributed by atoms with van der Waals surface area (Å²) in [5.41, 5.74) is 1.12. The quantitative estimate of drug-likeness (QED) is 0.507. The summed E-state index contributed by atoms with van der Waals surface area (Å²) in [4.78, 5) is 4.11. The zero-order valence-electron chi connectivity index (χ0n) is 20.3. The first-order chi connectivity index (χ1) is 17.4. The maximum absolute atomic E-state index is 15.5. The molecular weight excluding hydrogens is 483 g/mol. The fraction of sp³-hybridized carbons (Fsp3) is 0.462. The first-order valence-electron chi connectivity index (χ1n) is 12.3. The number of hydrogen-bond acceptors (Lipinski definition) is 6. The van der Waals surface area contributed by atoms with Crippen molar-refractivity contribution in [2.45, 2.75) is 62.7 Å². The normalized spacial score (nSPS) is 23.9. The molecule has 0 spiro atoms. The van der Waals surface area contributed by atoms with E-state index in [0.29, 0.717) is 49.4 Å². The van der Waals surface area contributed by atoms with Crippen molar-refractivity contribution in [2.75, 3.05) is 13.2 Å². The van der Waals surface area contributed by atoms with Crippen LogP contribution in [0.25, 0.3) is 0 Å². The number of benzene rings is 2. The number of nitrogens with zero attached hydrogens (tertiary/aromatic N) is 3. The lowest BCUT2D eigenvalue weighted by molar-refractivity contribution is -0.126. The van der Waals surface area contributed by atoms with Gasteiger partial charge >= 0.3 is 0 Å². The summed E-state index contributed by atoms with van der Waals surface area (Å²) in [6, 6.07) is 14.1. The monoisotopic (exact) mass is 514 g/mol. The molecule has 10 heteroatoms. The topological polar surface area (TPSA) is 97.4 Å². The first-order valence-corrected chi connectivity index (χ1v) is 13.8. The van der Waals surface area contributed by atoms with Crippen LogP contribution in [0.15, 0.2) is 54.9 Å². The molecule has 192 valence electrons. The van der Waals surface area contributed by atoms with Crippen LogP contribution in [0.3, 0.4) is 0 Å².